The summed E-state index contributed by atoms with van der Waals surface area (Å²) < 4.78 is 0. The largest absolute Gasteiger partial charge is 0.351 e. The molecular weight excluding hydrogens is 224 g/mol. The molecule has 2 aliphatic rings. The minimum absolute atomic E-state index is 0.346. The molecule has 1 atom stereocenters. The Kier molecular flexibility index (Phi) is 2.19. The summed E-state index contributed by atoms with van der Waals surface area (Å²) in [7, 11) is 0. The lowest BCUT2D eigenvalue weighted by atomic mass is 10.2. The Bertz CT molecular complexity index is 450. The highest BCUT2D eigenvalue weighted by atomic mass is 32.2. The van der Waals surface area contributed by atoms with Gasteiger partial charge in [-0.1, -0.05) is 11.8 Å². The molecule has 5 nitrogen and oxygen atoms in total. The van der Waals surface area contributed by atoms with E-state index >= 15 is 0 Å². The third-order valence-corrected chi connectivity index (χ3v) is 3.96. The van der Waals surface area contributed by atoms with Gasteiger partial charge in [0.15, 0.2) is 0 Å². The predicted molar refractivity (Wildman–Crippen MR) is 64.6 cm³/mol. The highest BCUT2D eigenvalue weighted by Gasteiger charge is 2.33. The van der Waals surface area contributed by atoms with Crippen LogP contribution in [0.2, 0.25) is 0 Å². The first-order chi connectivity index (χ1) is 7.74. The van der Waals surface area contributed by atoms with Crippen LogP contribution in [0, 0.1) is 0 Å². The number of urea groups is 1. The minimum Gasteiger partial charge on any atom is -0.351 e. The van der Waals surface area contributed by atoms with Crippen LogP contribution in [-0.4, -0.2) is 24.6 Å². The second-order valence-electron chi connectivity index (χ2n) is 3.79. The molecular formula is C10H12N4OS. The first kappa shape index (κ1) is 9.80. The van der Waals surface area contributed by atoms with Crippen molar-refractivity contribution in [2.75, 3.05) is 23.3 Å². The zero-order valence-electron chi connectivity index (χ0n) is 8.56. The summed E-state index contributed by atoms with van der Waals surface area (Å²) in [6, 6.07) is 5.34. The third kappa shape index (κ3) is 1.50. The fraction of sp³-hybridized carbons (Fsp3) is 0.300. The van der Waals surface area contributed by atoms with Gasteiger partial charge in [0.2, 0.25) is 0 Å². The molecule has 84 valence electrons. The van der Waals surface area contributed by atoms with Crippen LogP contribution >= 0.6 is 11.8 Å². The number of primary amides is 1. The van der Waals surface area contributed by atoms with Crippen LogP contribution in [-0.2, 0) is 0 Å². The number of rotatable bonds is 1. The van der Waals surface area contributed by atoms with Gasteiger partial charge >= 0.3 is 6.03 Å². The minimum atomic E-state index is -0.526. The van der Waals surface area contributed by atoms with E-state index < -0.39 is 6.03 Å². The molecule has 2 heterocycles. The average Bonchev–Trinajstić information content (AvgIpc) is 2.75. The number of anilines is 2. The van der Waals surface area contributed by atoms with Crippen molar-refractivity contribution < 1.29 is 4.79 Å². The number of carbonyl (C=O) groups is 1. The summed E-state index contributed by atoms with van der Waals surface area (Å²) in [5.74, 6) is 0. The lowest BCUT2D eigenvalue weighted by molar-refractivity contribution is 0.259. The predicted octanol–water partition coefficient (Wildman–Crippen LogP) is 0.976. The van der Waals surface area contributed by atoms with Gasteiger partial charge in [-0.15, -0.1) is 0 Å². The quantitative estimate of drug-likeness (QED) is 0.679. The molecule has 2 amide bonds. The van der Waals surface area contributed by atoms with E-state index in [9.17, 15) is 4.79 Å². The maximum absolute atomic E-state index is 10.7. The highest BCUT2D eigenvalue weighted by Crippen LogP contribution is 2.44. The van der Waals surface area contributed by atoms with Gasteiger partial charge in [-0.05, 0) is 18.2 Å². The second-order valence-corrected chi connectivity index (χ2v) is 4.91. The molecule has 0 bridgehead atoms. The molecule has 16 heavy (non-hydrogen) atoms. The fourth-order valence-electron chi connectivity index (χ4n) is 2.07. The molecule has 0 radical (unpaired) electrons. The van der Waals surface area contributed by atoms with E-state index in [1.54, 1.807) is 11.8 Å². The van der Waals surface area contributed by atoms with Crippen LogP contribution in [0.4, 0.5) is 16.2 Å². The summed E-state index contributed by atoms with van der Waals surface area (Å²) in [4.78, 5) is 14.3. The molecule has 1 saturated heterocycles. The van der Waals surface area contributed by atoms with Crippen molar-refractivity contribution in [2.24, 2.45) is 5.73 Å². The molecule has 1 fully saturated rings. The molecule has 0 aliphatic carbocycles. The summed E-state index contributed by atoms with van der Waals surface area (Å²) in [6.07, 6.45) is 0. The molecule has 0 spiro atoms. The van der Waals surface area contributed by atoms with Crippen molar-refractivity contribution in [3.8, 4) is 0 Å². The van der Waals surface area contributed by atoms with Crippen LogP contribution < -0.4 is 21.3 Å². The third-order valence-electron chi connectivity index (χ3n) is 2.73. The number of nitrogens with two attached hydrogens (primary N) is 1. The van der Waals surface area contributed by atoms with E-state index in [2.05, 4.69) is 15.5 Å². The number of nitrogens with zero attached hydrogens (tertiary/aromatic N) is 1. The molecule has 2 aliphatic heterocycles. The number of amides is 2. The van der Waals surface area contributed by atoms with Gasteiger partial charge in [-0.25, -0.2) is 4.79 Å². The number of hydrogen-bond acceptors (Lipinski definition) is 4. The van der Waals surface area contributed by atoms with Gasteiger partial charge in [0.25, 0.3) is 0 Å². The normalized spacial score (nSPS) is 21.8. The summed E-state index contributed by atoms with van der Waals surface area (Å²) >= 11 is 1.77. The van der Waals surface area contributed by atoms with Gasteiger partial charge in [-0.3, -0.25) is 5.32 Å². The number of benzene rings is 1. The van der Waals surface area contributed by atoms with E-state index in [1.807, 2.05) is 18.2 Å². The molecule has 1 aromatic carbocycles. The van der Waals surface area contributed by atoms with Crippen LogP contribution in [0.25, 0.3) is 0 Å². The van der Waals surface area contributed by atoms with Gasteiger partial charge in [0.05, 0.1) is 5.69 Å². The van der Waals surface area contributed by atoms with E-state index in [0.717, 1.165) is 18.8 Å². The van der Waals surface area contributed by atoms with E-state index in [0.29, 0.717) is 5.50 Å². The van der Waals surface area contributed by atoms with Crippen molar-refractivity contribution in [3.05, 3.63) is 18.2 Å². The van der Waals surface area contributed by atoms with Crippen molar-refractivity contribution in [2.45, 2.75) is 10.4 Å². The molecule has 0 saturated carbocycles. The van der Waals surface area contributed by atoms with E-state index in [4.69, 9.17) is 5.73 Å². The van der Waals surface area contributed by atoms with Crippen molar-refractivity contribution in [3.63, 3.8) is 0 Å². The van der Waals surface area contributed by atoms with Gasteiger partial charge in [0.1, 0.15) is 5.50 Å². The standard InChI is InChI=1S/C10H12N4OS/c11-9(15)13-6-1-2-7-8(5-6)16-10-12-3-4-14(7)10/h1-2,5,10,12H,3-4H2,(H3,11,13,15). The summed E-state index contributed by atoms with van der Waals surface area (Å²) in [5.41, 5.74) is 7.41. The molecule has 1 aromatic rings. The molecule has 4 N–H and O–H groups in total. The Morgan fingerprint density at radius 1 is 1.62 bits per heavy atom. The number of thioether (sulfide) groups is 1. The van der Waals surface area contributed by atoms with E-state index in [1.165, 1.54) is 10.6 Å². The highest BCUT2D eigenvalue weighted by molar-refractivity contribution is 8.00. The van der Waals surface area contributed by atoms with Crippen LogP contribution in [0.15, 0.2) is 23.1 Å². The Morgan fingerprint density at radius 2 is 2.50 bits per heavy atom. The van der Waals surface area contributed by atoms with Crippen LogP contribution in [0.5, 0.6) is 0 Å². The Balaban J connectivity index is 1.91. The molecule has 6 heteroatoms. The number of hydrogen-bond donors (Lipinski definition) is 3. The Morgan fingerprint density at radius 3 is 3.31 bits per heavy atom. The maximum atomic E-state index is 10.7. The van der Waals surface area contributed by atoms with E-state index in [-0.39, 0.29) is 0 Å². The van der Waals surface area contributed by atoms with Crippen molar-refractivity contribution >= 4 is 29.2 Å². The number of fused-ring (bicyclic) bond motifs is 3. The molecule has 1 unspecified atom stereocenters. The summed E-state index contributed by atoms with van der Waals surface area (Å²) in [5, 5.41) is 5.99. The average molecular weight is 236 g/mol. The first-order valence-corrected chi connectivity index (χ1v) is 5.99. The Hall–Kier alpha value is -1.40. The lowest BCUT2D eigenvalue weighted by Gasteiger charge is -2.16. The lowest BCUT2D eigenvalue weighted by Crippen LogP contribution is -2.28. The van der Waals surface area contributed by atoms with Gasteiger partial charge < -0.3 is 16.0 Å². The monoisotopic (exact) mass is 236 g/mol. The van der Waals surface area contributed by atoms with Crippen molar-refractivity contribution in [1.29, 1.82) is 0 Å². The fourth-order valence-corrected chi connectivity index (χ4v) is 3.36. The molecule has 3 rings (SSSR count). The van der Waals surface area contributed by atoms with Crippen LogP contribution in [0.3, 0.4) is 0 Å². The number of carbonyl (C=O) groups excluding carboxylic acids is 1. The van der Waals surface area contributed by atoms with Gasteiger partial charge in [0, 0.05) is 23.7 Å². The zero-order valence-corrected chi connectivity index (χ0v) is 9.38. The first-order valence-electron chi connectivity index (χ1n) is 5.11. The van der Waals surface area contributed by atoms with Crippen LogP contribution in [0.1, 0.15) is 0 Å². The maximum Gasteiger partial charge on any atom is 0.316 e. The molecule has 0 aromatic heterocycles. The van der Waals surface area contributed by atoms with Crippen molar-refractivity contribution in [1.82, 2.24) is 5.32 Å². The topological polar surface area (TPSA) is 70.4 Å². The number of nitrogens with one attached hydrogen (secondary N) is 2. The Labute approximate surface area is 97.4 Å². The SMILES string of the molecule is NC(=O)Nc1ccc2c(c1)SC1NCCN21. The van der Waals surface area contributed by atoms with Gasteiger partial charge in [-0.2, -0.15) is 0 Å². The zero-order chi connectivity index (χ0) is 11.1. The smallest absolute Gasteiger partial charge is 0.316 e. The summed E-state index contributed by atoms with van der Waals surface area (Å²) in [6.45, 7) is 2.06. The second kappa shape index (κ2) is 3.57.